The molecule has 7 heteroatoms. The number of rotatable bonds is 6. The zero-order valence-corrected chi connectivity index (χ0v) is 33.0. The van der Waals surface area contributed by atoms with Crippen molar-refractivity contribution >= 4 is 21.5 Å². The quantitative estimate of drug-likeness (QED) is 0.165. The molecule has 1 aliphatic heterocycles. The molecule has 10 aromatic rings. The highest BCUT2D eigenvalue weighted by Gasteiger charge is 2.26. The van der Waals surface area contributed by atoms with Crippen LogP contribution in [-0.4, -0.2) is 15.0 Å². The molecule has 0 radical (unpaired) electrons. The first-order chi connectivity index (χ1) is 30.6. The summed E-state index contributed by atoms with van der Waals surface area (Å²) < 4.78 is 13.4. The predicted octanol–water partition coefficient (Wildman–Crippen LogP) is 13.8. The smallest absolute Gasteiger partial charge is 0.170 e. The van der Waals surface area contributed by atoms with Gasteiger partial charge in [-0.3, -0.25) is 0 Å². The highest BCUT2D eigenvalue weighted by atomic mass is 16.6. The summed E-state index contributed by atoms with van der Waals surface area (Å²) in [6.07, 6.45) is 0. The summed E-state index contributed by atoms with van der Waals surface area (Å²) in [6.45, 7) is 0. The van der Waals surface area contributed by atoms with Crippen molar-refractivity contribution in [2.45, 2.75) is 0 Å². The van der Waals surface area contributed by atoms with Crippen LogP contribution >= 0.6 is 0 Å². The minimum atomic E-state index is 0.492. The van der Waals surface area contributed by atoms with Crippen molar-refractivity contribution in [3.8, 4) is 103 Å². The molecular formula is C55H31N5O2. The second kappa shape index (κ2) is 15.0. The monoisotopic (exact) mass is 793 g/mol. The zero-order chi connectivity index (χ0) is 41.6. The van der Waals surface area contributed by atoms with Gasteiger partial charge in [0.1, 0.15) is 0 Å². The van der Waals surface area contributed by atoms with E-state index < -0.39 is 0 Å². The Morgan fingerprint density at radius 2 is 0.694 bits per heavy atom. The van der Waals surface area contributed by atoms with Crippen LogP contribution in [0.1, 0.15) is 11.1 Å². The minimum Gasteiger partial charge on any atom is -0.449 e. The van der Waals surface area contributed by atoms with Crippen molar-refractivity contribution in [2.75, 3.05) is 0 Å². The van der Waals surface area contributed by atoms with Gasteiger partial charge in [-0.05, 0) is 86.6 Å². The largest absolute Gasteiger partial charge is 0.449 e. The molecule has 62 heavy (non-hydrogen) atoms. The molecule has 0 atom stereocenters. The molecule has 0 spiro atoms. The zero-order valence-electron chi connectivity index (χ0n) is 33.0. The summed E-state index contributed by atoms with van der Waals surface area (Å²) in [5, 5.41) is 23.6. The molecule has 7 nitrogen and oxygen atoms in total. The number of aromatic nitrogens is 3. The summed E-state index contributed by atoms with van der Waals surface area (Å²) in [6, 6.07) is 66.4. The van der Waals surface area contributed by atoms with Crippen LogP contribution < -0.4 is 9.47 Å². The maximum Gasteiger partial charge on any atom is 0.170 e. The third-order valence-corrected chi connectivity index (χ3v) is 11.3. The summed E-state index contributed by atoms with van der Waals surface area (Å²) in [4.78, 5) is 14.9. The number of hydrogen-bond acceptors (Lipinski definition) is 7. The van der Waals surface area contributed by atoms with E-state index in [-0.39, 0.29) is 0 Å². The van der Waals surface area contributed by atoms with Crippen molar-refractivity contribution in [2.24, 2.45) is 0 Å². The Hall–Kier alpha value is -8.91. The average molecular weight is 794 g/mol. The molecular weight excluding hydrogens is 763 g/mol. The van der Waals surface area contributed by atoms with Crippen LogP contribution in [-0.2, 0) is 0 Å². The van der Waals surface area contributed by atoms with Crippen molar-refractivity contribution in [3.63, 3.8) is 0 Å². The van der Waals surface area contributed by atoms with E-state index in [2.05, 4.69) is 36.4 Å². The van der Waals surface area contributed by atoms with Crippen molar-refractivity contribution < 1.29 is 9.47 Å². The molecule has 0 N–H and O–H groups in total. The molecule has 0 saturated heterocycles. The van der Waals surface area contributed by atoms with Gasteiger partial charge < -0.3 is 9.47 Å². The van der Waals surface area contributed by atoms with E-state index in [0.717, 1.165) is 71.6 Å². The Morgan fingerprint density at radius 3 is 1.23 bits per heavy atom. The molecule has 288 valence electrons. The van der Waals surface area contributed by atoms with Crippen molar-refractivity contribution in [1.29, 1.82) is 10.5 Å². The summed E-state index contributed by atoms with van der Waals surface area (Å²) >= 11 is 0. The SMILES string of the molecule is N#Cc1ccc(-c2cc3c(cc2-c2ccc(C#N)c4ccccc24)Oc2cc(-c4nc(-c5ccccc5)nc(-c5ccc(-c6ccccc6)cc5)n4)ccc2O3)c2ccccc12. The van der Waals surface area contributed by atoms with Crippen LogP contribution in [0.3, 0.4) is 0 Å². The summed E-state index contributed by atoms with van der Waals surface area (Å²) in [5.74, 6) is 3.73. The molecule has 2 heterocycles. The highest BCUT2D eigenvalue weighted by Crippen LogP contribution is 2.52. The number of nitrogens with zero attached hydrogens (tertiary/aromatic N) is 5. The molecule has 0 unspecified atom stereocenters. The molecule has 1 aromatic heterocycles. The number of ether oxygens (including phenoxy) is 2. The molecule has 0 amide bonds. The van der Waals surface area contributed by atoms with E-state index >= 15 is 0 Å². The van der Waals surface area contributed by atoms with E-state index in [9.17, 15) is 10.5 Å². The van der Waals surface area contributed by atoms with Crippen LogP contribution in [0.2, 0.25) is 0 Å². The van der Waals surface area contributed by atoms with Crippen LogP contribution in [0.25, 0.3) is 89.1 Å². The molecule has 0 bridgehead atoms. The summed E-state index contributed by atoms with van der Waals surface area (Å²) in [5.41, 5.74) is 9.54. The molecule has 11 rings (SSSR count). The van der Waals surface area contributed by atoms with Gasteiger partial charge in [-0.25, -0.2) is 15.0 Å². The highest BCUT2D eigenvalue weighted by molar-refractivity contribution is 6.08. The standard InChI is InChI=1S/C55H31N5O2/c56-32-39-23-26-45(43-17-9-7-15-41(39)43)47-30-51-52(31-48(47)46-27-24-40(33-57)42-16-8-10-18-44(42)46)62-50-29-38(25-28-49(50)61-51)55-59-53(36-13-5-2-6-14-36)58-54(60-55)37-21-19-35(20-22-37)34-11-3-1-4-12-34/h1-31H. The predicted molar refractivity (Wildman–Crippen MR) is 243 cm³/mol. The molecule has 0 saturated carbocycles. The van der Waals surface area contributed by atoms with Crippen LogP contribution in [0, 0.1) is 22.7 Å². The number of nitriles is 2. The minimum absolute atomic E-state index is 0.492. The number of fused-ring (bicyclic) bond motifs is 4. The van der Waals surface area contributed by atoms with E-state index in [1.165, 1.54) is 0 Å². The van der Waals surface area contributed by atoms with E-state index in [1.807, 2.05) is 164 Å². The topological polar surface area (TPSA) is 105 Å². The first-order valence-electron chi connectivity index (χ1n) is 20.1. The first kappa shape index (κ1) is 36.2. The Balaban J connectivity index is 1.04. The van der Waals surface area contributed by atoms with Crippen LogP contribution in [0.5, 0.6) is 23.0 Å². The van der Waals surface area contributed by atoms with Gasteiger partial charge in [0, 0.05) is 27.5 Å². The third kappa shape index (κ3) is 6.35. The Bertz CT molecular complexity index is 3480. The molecule has 0 aliphatic carbocycles. The van der Waals surface area contributed by atoms with Gasteiger partial charge in [0.25, 0.3) is 0 Å². The Labute approximate surface area is 357 Å². The van der Waals surface area contributed by atoms with Crippen LogP contribution in [0.15, 0.2) is 188 Å². The lowest BCUT2D eigenvalue weighted by molar-refractivity contribution is 0.360. The fourth-order valence-electron chi connectivity index (χ4n) is 8.27. The second-order valence-electron chi connectivity index (χ2n) is 15.0. The average Bonchev–Trinajstić information content (AvgIpc) is 3.35. The van der Waals surface area contributed by atoms with Gasteiger partial charge in [0.15, 0.2) is 40.5 Å². The van der Waals surface area contributed by atoms with Gasteiger partial charge in [0.05, 0.1) is 23.3 Å². The lowest BCUT2D eigenvalue weighted by atomic mass is 9.87. The molecule has 1 aliphatic rings. The number of benzene rings is 9. The first-order valence-corrected chi connectivity index (χ1v) is 20.1. The fraction of sp³-hybridized carbons (Fsp3) is 0. The van der Waals surface area contributed by atoms with Crippen LogP contribution in [0.4, 0.5) is 0 Å². The van der Waals surface area contributed by atoms with Gasteiger partial charge in [-0.2, -0.15) is 10.5 Å². The third-order valence-electron chi connectivity index (χ3n) is 11.3. The normalized spacial score (nSPS) is 11.5. The Kier molecular flexibility index (Phi) is 8.78. The number of hydrogen-bond donors (Lipinski definition) is 0. The molecule has 9 aromatic carbocycles. The maximum atomic E-state index is 10.0. The lowest BCUT2D eigenvalue weighted by Gasteiger charge is -2.24. The Morgan fingerprint density at radius 1 is 0.306 bits per heavy atom. The van der Waals surface area contributed by atoms with Gasteiger partial charge in [-0.1, -0.05) is 146 Å². The molecule has 0 fully saturated rings. The van der Waals surface area contributed by atoms with Crippen molar-refractivity contribution in [1.82, 2.24) is 15.0 Å². The summed E-state index contributed by atoms with van der Waals surface area (Å²) in [7, 11) is 0. The second-order valence-corrected chi connectivity index (χ2v) is 15.0. The van der Waals surface area contributed by atoms with E-state index in [4.69, 9.17) is 24.4 Å². The van der Waals surface area contributed by atoms with Gasteiger partial charge >= 0.3 is 0 Å². The lowest BCUT2D eigenvalue weighted by Crippen LogP contribution is -2.03. The van der Waals surface area contributed by atoms with Gasteiger partial charge in [0.2, 0.25) is 0 Å². The van der Waals surface area contributed by atoms with Gasteiger partial charge in [-0.15, -0.1) is 0 Å². The van der Waals surface area contributed by atoms with E-state index in [1.54, 1.807) is 0 Å². The maximum absolute atomic E-state index is 10.0. The van der Waals surface area contributed by atoms with E-state index in [0.29, 0.717) is 51.6 Å². The van der Waals surface area contributed by atoms with Crippen molar-refractivity contribution in [3.05, 3.63) is 199 Å². The fourth-order valence-corrected chi connectivity index (χ4v) is 8.27.